The van der Waals surface area contributed by atoms with Gasteiger partial charge in [-0.2, -0.15) is 0 Å². The van der Waals surface area contributed by atoms with Crippen LogP contribution in [0.5, 0.6) is 0 Å². The Morgan fingerprint density at radius 2 is 1.85 bits per heavy atom. The van der Waals surface area contributed by atoms with Crippen LogP contribution in [0.4, 0.5) is 5.69 Å². The first kappa shape index (κ1) is 20.3. The number of carbonyl (C=O) groups is 1. The summed E-state index contributed by atoms with van der Waals surface area (Å²) in [7, 11) is -3.43. The molecular formula is C18H18Cl2N2O3S. The lowest BCUT2D eigenvalue weighted by Crippen LogP contribution is -2.30. The highest BCUT2D eigenvalue weighted by molar-refractivity contribution is 7.92. The Kier molecular flexibility index (Phi) is 6.69. The van der Waals surface area contributed by atoms with Crippen LogP contribution in [0.3, 0.4) is 0 Å². The standard InChI is InChI=1S/C18H18Cl2N2O3S/c1-3-10-22(26(2,24)25)16-8-5-13(6-9-16)18(23)21-12-14-4-7-15(19)11-17(14)20/h3-9,11H,1,10,12H2,2H3,(H,21,23). The predicted octanol–water partition coefficient (Wildman–Crippen LogP) is 3.88. The number of rotatable bonds is 7. The molecule has 8 heteroatoms. The molecule has 0 spiro atoms. The average Bonchev–Trinajstić information content (AvgIpc) is 2.58. The number of hydrogen-bond donors (Lipinski definition) is 1. The third-order valence-electron chi connectivity index (χ3n) is 3.57. The van der Waals surface area contributed by atoms with Gasteiger partial charge >= 0.3 is 0 Å². The third kappa shape index (κ3) is 5.24. The van der Waals surface area contributed by atoms with Gasteiger partial charge in [-0.05, 0) is 42.0 Å². The van der Waals surface area contributed by atoms with Crippen LogP contribution in [0.1, 0.15) is 15.9 Å². The van der Waals surface area contributed by atoms with E-state index in [4.69, 9.17) is 23.2 Å². The van der Waals surface area contributed by atoms with Crippen LogP contribution in [0.2, 0.25) is 10.0 Å². The van der Waals surface area contributed by atoms with Crippen molar-refractivity contribution in [2.24, 2.45) is 0 Å². The van der Waals surface area contributed by atoms with Crippen LogP contribution in [-0.4, -0.2) is 27.1 Å². The number of nitrogens with zero attached hydrogens (tertiary/aromatic N) is 1. The van der Waals surface area contributed by atoms with Gasteiger partial charge in [0.15, 0.2) is 0 Å². The Morgan fingerprint density at radius 1 is 1.19 bits per heavy atom. The zero-order valence-electron chi connectivity index (χ0n) is 14.1. The van der Waals surface area contributed by atoms with E-state index in [0.717, 1.165) is 11.8 Å². The molecule has 2 aromatic carbocycles. The maximum atomic E-state index is 12.3. The highest BCUT2D eigenvalue weighted by atomic mass is 35.5. The van der Waals surface area contributed by atoms with E-state index in [1.807, 2.05) is 0 Å². The summed E-state index contributed by atoms with van der Waals surface area (Å²) in [6.45, 7) is 3.97. The molecule has 0 aromatic heterocycles. The summed E-state index contributed by atoms with van der Waals surface area (Å²) in [6, 6.07) is 11.3. The summed E-state index contributed by atoms with van der Waals surface area (Å²) in [5, 5.41) is 3.76. The molecule has 1 amide bonds. The lowest BCUT2D eigenvalue weighted by Gasteiger charge is -2.20. The SMILES string of the molecule is C=CCN(c1ccc(C(=O)NCc2ccc(Cl)cc2Cl)cc1)S(C)(=O)=O. The Hall–Kier alpha value is -2.02. The molecule has 0 unspecified atom stereocenters. The van der Waals surface area contributed by atoms with Crippen LogP contribution < -0.4 is 9.62 Å². The predicted molar refractivity (Wildman–Crippen MR) is 106 cm³/mol. The van der Waals surface area contributed by atoms with Crippen molar-refractivity contribution < 1.29 is 13.2 Å². The number of nitrogens with one attached hydrogen (secondary N) is 1. The van der Waals surface area contributed by atoms with Crippen molar-refractivity contribution in [2.45, 2.75) is 6.54 Å². The maximum absolute atomic E-state index is 12.3. The zero-order chi connectivity index (χ0) is 19.3. The average molecular weight is 413 g/mol. The van der Waals surface area contributed by atoms with E-state index >= 15 is 0 Å². The van der Waals surface area contributed by atoms with E-state index in [0.29, 0.717) is 21.3 Å². The van der Waals surface area contributed by atoms with Gasteiger partial charge in [-0.25, -0.2) is 8.42 Å². The largest absolute Gasteiger partial charge is 0.348 e. The number of anilines is 1. The molecule has 0 aliphatic rings. The summed E-state index contributed by atoms with van der Waals surface area (Å²) in [5.41, 5.74) is 1.62. The van der Waals surface area contributed by atoms with E-state index in [2.05, 4.69) is 11.9 Å². The van der Waals surface area contributed by atoms with Gasteiger partial charge in [-0.3, -0.25) is 9.10 Å². The van der Waals surface area contributed by atoms with Gasteiger partial charge in [-0.15, -0.1) is 6.58 Å². The molecule has 0 heterocycles. The fraction of sp³-hybridized carbons (Fsp3) is 0.167. The van der Waals surface area contributed by atoms with Crippen LogP contribution in [0, 0.1) is 0 Å². The van der Waals surface area contributed by atoms with Gasteiger partial charge in [0.1, 0.15) is 0 Å². The van der Waals surface area contributed by atoms with E-state index < -0.39 is 10.0 Å². The molecule has 2 rings (SSSR count). The summed E-state index contributed by atoms with van der Waals surface area (Å²) in [6.07, 6.45) is 2.62. The minimum atomic E-state index is -3.43. The molecule has 26 heavy (non-hydrogen) atoms. The van der Waals surface area contributed by atoms with Crippen LogP contribution >= 0.6 is 23.2 Å². The molecule has 0 bridgehead atoms. The smallest absolute Gasteiger partial charge is 0.251 e. The molecule has 0 fully saturated rings. The minimum Gasteiger partial charge on any atom is -0.348 e. The number of halogens is 2. The monoisotopic (exact) mass is 412 g/mol. The molecule has 0 radical (unpaired) electrons. The third-order valence-corrected chi connectivity index (χ3v) is 5.31. The molecule has 5 nitrogen and oxygen atoms in total. The summed E-state index contributed by atoms with van der Waals surface area (Å²) in [4.78, 5) is 12.3. The Balaban J connectivity index is 2.09. The Bertz CT molecular complexity index is 913. The quantitative estimate of drug-likeness (QED) is 0.701. The van der Waals surface area contributed by atoms with E-state index in [-0.39, 0.29) is 19.0 Å². The van der Waals surface area contributed by atoms with Gasteiger partial charge in [0.05, 0.1) is 18.5 Å². The molecule has 0 saturated carbocycles. The fourth-order valence-electron chi connectivity index (χ4n) is 2.27. The zero-order valence-corrected chi connectivity index (χ0v) is 16.4. The first-order valence-electron chi connectivity index (χ1n) is 7.63. The maximum Gasteiger partial charge on any atom is 0.251 e. The van der Waals surface area contributed by atoms with Crippen LogP contribution in [-0.2, 0) is 16.6 Å². The van der Waals surface area contributed by atoms with Crippen molar-refractivity contribution in [3.8, 4) is 0 Å². The number of hydrogen-bond acceptors (Lipinski definition) is 3. The van der Waals surface area contributed by atoms with E-state index in [1.165, 1.54) is 10.4 Å². The topological polar surface area (TPSA) is 66.5 Å². The van der Waals surface area contributed by atoms with Gasteiger partial charge in [0.2, 0.25) is 10.0 Å². The molecule has 0 aliphatic carbocycles. The van der Waals surface area contributed by atoms with Crippen LogP contribution in [0.15, 0.2) is 55.1 Å². The minimum absolute atomic E-state index is 0.152. The van der Waals surface area contributed by atoms with Crippen molar-refractivity contribution in [2.75, 3.05) is 17.1 Å². The van der Waals surface area contributed by atoms with E-state index in [9.17, 15) is 13.2 Å². The lowest BCUT2D eigenvalue weighted by molar-refractivity contribution is 0.0951. The highest BCUT2D eigenvalue weighted by Crippen LogP contribution is 2.21. The first-order valence-corrected chi connectivity index (χ1v) is 10.2. The molecular weight excluding hydrogens is 395 g/mol. The molecule has 1 N–H and O–H groups in total. The Labute approximate surface area is 163 Å². The summed E-state index contributed by atoms with van der Waals surface area (Å²) in [5.74, 6) is -0.294. The molecule has 0 saturated heterocycles. The normalized spacial score (nSPS) is 11.0. The summed E-state index contributed by atoms with van der Waals surface area (Å²) < 4.78 is 24.9. The van der Waals surface area contributed by atoms with E-state index in [1.54, 1.807) is 42.5 Å². The van der Waals surface area contributed by atoms with Gasteiger partial charge in [0.25, 0.3) is 5.91 Å². The van der Waals surface area contributed by atoms with Crippen molar-refractivity contribution in [3.63, 3.8) is 0 Å². The molecule has 0 atom stereocenters. The second-order valence-electron chi connectivity index (χ2n) is 5.55. The summed E-state index contributed by atoms with van der Waals surface area (Å²) >= 11 is 11.9. The molecule has 138 valence electrons. The van der Waals surface area contributed by atoms with Gasteiger partial charge < -0.3 is 5.32 Å². The van der Waals surface area contributed by atoms with Crippen molar-refractivity contribution in [1.82, 2.24) is 5.32 Å². The number of benzene rings is 2. The number of carbonyl (C=O) groups excluding carboxylic acids is 1. The Morgan fingerprint density at radius 3 is 2.38 bits per heavy atom. The van der Waals surface area contributed by atoms with Gasteiger partial charge in [0, 0.05) is 22.2 Å². The van der Waals surface area contributed by atoms with Crippen molar-refractivity contribution >= 4 is 44.8 Å². The number of amides is 1. The van der Waals surface area contributed by atoms with Crippen molar-refractivity contribution in [1.29, 1.82) is 0 Å². The lowest BCUT2D eigenvalue weighted by atomic mass is 10.1. The fourth-order valence-corrected chi connectivity index (χ4v) is 3.63. The second kappa shape index (κ2) is 8.58. The second-order valence-corrected chi connectivity index (χ2v) is 8.30. The highest BCUT2D eigenvalue weighted by Gasteiger charge is 2.16. The molecule has 2 aromatic rings. The number of sulfonamides is 1. The van der Waals surface area contributed by atoms with Gasteiger partial charge in [-0.1, -0.05) is 35.3 Å². The van der Waals surface area contributed by atoms with Crippen molar-refractivity contribution in [3.05, 3.63) is 76.3 Å². The van der Waals surface area contributed by atoms with Crippen LogP contribution in [0.25, 0.3) is 0 Å². The first-order chi connectivity index (χ1) is 12.2. The molecule has 0 aliphatic heterocycles.